The second-order valence-corrected chi connectivity index (χ2v) is 6.42. The summed E-state index contributed by atoms with van der Waals surface area (Å²) in [5.41, 5.74) is 5.83. The van der Waals surface area contributed by atoms with Crippen LogP contribution in [0.4, 0.5) is 4.79 Å². The molecular formula is C12H24Cl2N2O2. The Kier molecular flexibility index (Phi) is 5.78. The van der Waals surface area contributed by atoms with E-state index in [-0.39, 0.29) is 30.9 Å². The molecular weight excluding hydrogens is 275 g/mol. The van der Waals surface area contributed by atoms with Crippen LogP contribution in [0.15, 0.2) is 0 Å². The van der Waals surface area contributed by atoms with Crippen LogP contribution in [0, 0.1) is 5.41 Å². The monoisotopic (exact) mass is 298 g/mol. The zero-order valence-electron chi connectivity index (χ0n) is 11.2. The van der Waals surface area contributed by atoms with Gasteiger partial charge in [-0.05, 0) is 51.9 Å². The number of nitrogens with one attached hydrogen (secondary N) is 1. The van der Waals surface area contributed by atoms with E-state index < -0.39 is 5.60 Å². The minimum absolute atomic E-state index is 0. The summed E-state index contributed by atoms with van der Waals surface area (Å²) >= 11 is 0. The van der Waals surface area contributed by atoms with Crippen LogP contribution in [-0.2, 0) is 4.74 Å². The second-order valence-electron chi connectivity index (χ2n) is 6.42. The molecule has 0 aromatic heterocycles. The van der Waals surface area contributed by atoms with Crippen molar-refractivity contribution in [2.75, 3.05) is 0 Å². The fraction of sp³-hybridized carbons (Fsp3) is 0.917. The number of halogens is 2. The van der Waals surface area contributed by atoms with Crippen LogP contribution in [0.3, 0.4) is 0 Å². The van der Waals surface area contributed by atoms with Crippen molar-refractivity contribution in [3.05, 3.63) is 0 Å². The van der Waals surface area contributed by atoms with E-state index >= 15 is 0 Å². The van der Waals surface area contributed by atoms with Gasteiger partial charge in [-0.25, -0.2) is 4.79 Å². The molecule has 0 saturated heterocycles. The van der Waals surface area contributed by atoms with E-state index in [0.717, 1.165) is 25.7 Å². The zero-order chi connectivity index (χ0) is 12.0. The van der Waals surface area contributed by atoms with Crippen LogP contribution in [0.25, 0.3) is 0 Å². The van der Waals surface area contributed by atoms with Gasteiger partial charge in [0.1, 0.15) is 5.60 Å². The Morgan fingerprint density at radius 2 is 1.72 bits per heavy atom. The number of nitrogens with two attached hydrogens (primary N) is 1. The second kappa shape index (κ2) is 5.85. The van der Waals surface area contributed by atoms with Crippen molar-refractivity contribution in [3.63, 3.8) is 0 Å². The average molecular weight is 299 g/mol. The van der Waals surface area contributed by atoms with Crippen LogP contribution in [-0.4, -0.2) is 23.8 Å². The highest BCUT2D eigenvalue weighted by Gasteiger charge is 2.52. The standard InChI is InChI=1S/C12H22N2O2.2ClH/c1-11(2,3)16-10(15)14-9-6-12(7-9)4-8(13)5-12;;/h8-9H,4-7,13H2,1-3H3,(H,14,15);2*1H. The number of amides is 1. The lowest BCUT2D eigenvalue weighted by atomic mass is 9.52. The summed E-state index contributed by atoms with van der Waals surface area (Å²) in [4.78, 5) is 11.5. The van der Waals surface area contributed by atoms with Crippen molar-refractivity contribution in [1.29, 1.82) is 0 Å². The molecule has 1 amide bonds. The molecule has 2 fully saturated rings. The van der Waals surface area contributed by atoms with Gasteiger partial charge in [-0.2, -0.15) is 0 Å². The maximum absolute atomic E-state index is 11.5. The summed E-state index contributed by atoms with van der Waals surface area (Å²) in [5.74, 6) is 0. The maximum atomic E-state index is 11.5. The molecule has 0 aromatic rings. The quantitative estimate of drug-likeness (QED) is 0.782. The minimum Gasteiger partial charge on any atom is -0.444 e. The molecule has 2 rings (SSSR count). The largest absolute Gasteiger partial charge is 0.444 e. The molecule has 108 valence electrons. The van der Waals surface area contributed by atoms with E-state index in [4.69, 9.17) is 10.5 Å². The van der Waals surface area contributed by atoms with Gasteiger partial charge >= 0.3 is 6.09 Å². The molecule has 3 N–H and O–H groups in total. The van der Waals surface area contributed by atoms with Crippen LogP contribution < -0.4 is 11.1 Å². The van der Waals surface area contributed by atoms with E-state index in [1.54, 1.807) is 0 Å². The normalized spacial score (nSPS) is 33.3. The number of carbonyl (C=O) groups excluding carboxylic acids is 1. The number of rotatable bonds is 1. The van der Waals surface area contributed by atoms with Gasteiger partial charge < -0.3 is 15.8 Å². The van der Waals surface area contributed by atoms with Crippen LogP contribution in [0.1, 0.15) is 46.5 Å². The molecule has 0 aliphatic heterocycles. The Hall–Kier alpha value is -0.190. The minimum atomic E-state index is -0.412. The van der Waals surface area contributed by atoms with E-state index in [1.165, 1.54) is 0 Å². The van der Waals surface area contributed by atoms with Crippen molar-refractivity contribution < 1.29 is 9.53 Å². The Morgan fingerprint density at radius 3 is 2.11 bits per heavy atom. The van der Waals surface area contributed by atoms with Crippen LogP contribution in [0.2, 0.25) is 0 Å². The highest BCUT2D eigenvalue weighted by molar-refractivity contribution is 5.85. The summed E-state index contributed by atoms with van der Waals surface area (Å²) in [6.07, 6.45) is 4.09. The summed E-state index contributed by atoms with van der Waals surface area (Å²) in [7, 11) is 0. The number of carbonyl (C=O) groups is 1. The first-order valence-corrected chi connectivity index (χ1v) is 6.03. The Balaban J connectivity index is 0.00000144. The van der Waals surface area contributed by atoms with E-state index in [0.29, 0.717) is 17.5 Å². The van der Waals surface area contributed by atoms with Gasteiger partial charge in [0, 0.05) is 12.1 Å². The maximum Gasteiger partial charge on any atom is 0.407 e. The lowest BCUT2D eigenvalue weighted by Crippen LogP contribution is -2.59. The van der Waals surface area contributed by atoms with Crippen molar-refractivity contribution in [2.45, 2.75) is 64.1 Å². The molecule has 18 heavy (non-hydrogen) atoms. The molecule has 6 heteroatoms. The van der Waals surface area contributed by atoms with Crippen molar-refractivity contribution in [1.82, 2.24) is 5.32 Å². The Labute approximate surface area is 121 Å². The van der Waals surface area contributed by atoms with E-state index in [2.05, 4.69) is 5.32 Å². The van der Waals surface area contributed by atoms with Gasteiger partial charge in [-0.15, -0.1) is 24.8 Å². The van der Waals surface area contributed by atoms with Gasteiger partial charge in [0.05, 0.1) is 0 Å². The molecule has 0 unspecified atom stereocenters. The predicted octanol–water partition coefficient (Wildman–Crippen LogP) is 2.62. The molecule has 2 aliphatic rings. The van der Waals surface area contributed by atoms with E-state index in [1.807, 2.05) is 20.8 Å². The van der Waals surface area contributed by atoms with E-state index in [9.17, 15) is 4.79 Å². The molecule has 2 aliphatic carbocycles. The average Bonchev–Trinajstić information content (AvgIpc) is 1.93. The third-order valence-corrected chi connectivity index (χ3v) is 3.47. The first-order valence-electron chi connectivity index (χ1n) is 6.03. The summed E-state index contributed by atoms with van der Waals surface area (Å²) < 4.78 is 5.21. The lowest BCUT2D eigenvalue weighted by Gasteiger charge is -2.56. The molecule has 2 saturated carbocycles. The summed E-state index contributed by atoms with van der Waals surface area (Å²) in [6, 6.07) is 0.685. The van der Waals surface area contributed by atoms with Gasteiger partial charge in [-0.1, -0.05) is 0 Å². The van der Waals surface area contributed by atoms with Crippen LogP contribution >= 0.6 is 24.8 Å². The fourth-order valence-corrected chi connectivity index (χ4v) is 2.95. The fourth-order valence-electron chi connectivity index (χ4n) is 2.95. The first kappa shape index (κ1) is 17.8. The first-order chi connectivity index (χ1) is 7.28. The number of hydrogen-bond acceptors (Lipinski definition) is 3. The predicted molar refractivity (Wildman–Crippen MR) is 76.5 cm³/mol. The number of ether oxygens (including phenoxy) is 1. The van der Waals surface area contributed by atoms with Crippen molar-refractivity contribution in [2.24, 2.45) is 11.1 Å². The Bertz CT molecular complexity index is 291. The molecule has 0 heterocycles. The summed E-state index contributed by atoms with van der Waals surface area (Å²) in [6.45, 7) is 5.62. The van der Waals surface area contributed by atoms with Gasteiger partial charge in [0.25, 0.3) is 0 Å². The van der Waals surface area contributed by atoms with Gasteiger partial charge in [-0.3, -0.25) is 0 Å². The highest BCUT2D eigenvalue weighted by atomic mass is 35.5. The summed E-state index contributed by atoms with van der Waals surface area (Å²) in [5, 5.41) is 2.91. The zero-order valence-corrected chi connectivity index (χ0v) is 12.8. The SMILES string of the molecule is CC(C)(C)OC(=O)NC1CC2(CC(N)C2)C1.Cl.Cl. The Morgan fingerprint density at radius 1 is 1.22 bits per heavy atom. The molecule has 0 radical (unpaired) electrons. The number of alkyl carbamates (subject to hydrolysis) is 1. The smallest absolute Gasteiger partial charge is 0.407 e. The molecule has 0 atom stereocenters. The molecule has 0 bridgehead atoms. The lowest BCUT2D eigenvalue weighted by molar-refractivity contribution is -0.0227. The van der Waals surface area contributed by atoms with Crippen LogP contribution in [0.5, 0.6) is 0 Å². The number of hydrogen-bond donors (Lipinski definition) is 2. The molecule has 4 nitrogen and oxygen atoms in total. The third kappa shape index (κ3) is 4.18. The molecule has 0 aromatic carbocycles. The molecule has 1 spiro atoms. The van der Waals surface area contributed by atoms with Crippen molar-refractivity contribution >= 4 is 30.9 Å². The van der Waals surface area contributed by atoms with Gasteiger partial charge in [0.2, 0.25) is 0 Å². The van der Waals surface area contributed by atoms with Crippen molar-refractivity contribution in [3.8, 4) is 0 Å². The van der Waals surface area contributed by atoms with Gasteiger partial charge in [0.15, 0.2) is 0 Å². The highest BCUT2D eigenvalue weighted by Crippen LogP contribution is 2.55. The third-order valence-electron chi connectivity index (χ3n) is 3.47. The topological polar surface area (TPSA) is 64.3 Å².